The van der Waals surface area contributed by atoms with Crippen LogP contribution in [0.25, 0.3) is 0 Å². The van der Waals surface area contributed by atoms with Crippen LogP contribution >= 0.6 is 0 Å². The summed E-state index contributed by atoms with van der Waals surface area (Å²) in [5, 5.41) is 8.00. The van der Waals surface area contributed by atoms with E-state index in [-0.39, 0.29) is 12.1 Å². The monoisotopic (exact) mass is 267 g/mol. The lowest BCUT2D eigenvalue weighted by Gasteiger charge is -2.31. The third-order valence-electron chi connectivity index (χ3n) is 3.27. The van der Waals surface area contributed by atoms with Crippen molar-refractivity contribution >= 4 is 0 Å². The van der Waals surface area contributed by atoms with Crippen LogP contribution in [-0.4, -0.2) is 29.0 Å². The minimum atomic E-state index is 0.178. The molecule has 0 saturated carbocycles. The van der Waals surface area contributed by atoms with Gasteiger partial charge in [-0.2, -0.15) is 5.10 Å². The van der Waals surface area contributed by atoms with Crippen LogP contribution in [0.1, 0.15) is 52.8 Å². The van der Waals surface area contributed by atoms with Crippen LogP contribution in [0.15, 0.2) is 12.3 Å². The Kier molecular flexibility index (Phi) is 7.10. The van der Waals surface area contributed by atoms with E-state index >= 15 is 0 Å². The minimum Gasteiger partial charge on any atom is -0.376 e. The molecule has 0 radical (unpaired) electrons. The first-order valence-electron chi connectivity index (χ1n) is 7.52. The van der Waals surface area contributed by atoms with Crippen LogP contribution in [-0.2, 0) is 11.3 Å². The van der Waals surface area contributed by atoms with E-state index in [9.17, 15) is 0 Å². The smallest absolute Gasteiger partial charge is 0.0807 e. The van der Waals surface area contributed by atoms with Gasteiger partial charge in [0.05, 0.1) is 17.8 Å². The molecule has 0 aliphatic carbocycles. The Labute approximate surface area is 117 Å². The number of rotatable bonds is 9. The molecule has 0 amide bonds. The molecule has 1 rings (SSSR count). The van der Waals surface area contributed by atoms with Gasteiger partial charge in [0.15, 0.2) is 0 Å². The van der Waals surface area contributed by atoms with Crippen molar-refractivity contribution in [2.24, 2.45) is 5.92 Å². The summed E-state index contributed by atoms with van der Waals surface area (Å²) in [5.41, 5.74) is 1.23. The first-order valence-corrected chi connectivity index (χ1v) is 7.52. The highest BCUT2D eigenvalue weighted by Crippen LogP contribution is 2.25. The third kappa shape index (κ3) is 4.32. The second kappa shape index (κ2) is 8.33. The molecular weight excluding hydrogens is 238 g/mol. The quantitative estimate of drug-likeness (QED) is 0.747. The van der Waals surface area contributed by atoms with E-state index in [1.165, 1.54) is 5.69 Å². The zero-order chi connectivity index (χ0) is 14.3. The number of hydrogen-bond donors (Lipinski definition) is 1. The maximum Gasteiger partial charge on any atom is 0.0807 e. The number of aromatic nitrogens is 2. The average molecular weight is 267 g/mol. The van der Waals surface area contributed by atoms with E-state index < -0.39 is 0 Å². The molecule has 0 bridgehead atoms. The Morgan fingerprint density at radius 3 is 2.58 bits per heavy atom. The van der Waals surface area contributed by atoms with Gasteiger partial charge >= 0.3 is 0 Å². The van der Waals surface area contributed by atoms with Crippen molar-refractivity contribution in [2.75, 3.05) is 13.2 Å². The molecule has 1 N–H and O–H groups in total. The molecule has 19 heavy (non-hydrogen) atoms. The zero-order valence-electron chi connectivity index (χ0n) is 13.0. The van der Waals surface area contributed by atoms with Crippen molar-refractivity contribution in [2.45, 2.75) is 59.7 Å². The largest absolute Gasteiger partial charge is 0.376 e. The van der Waals surface area contributed by atoms with Crippen molar-refractivity contribution in [3.8, 4) is 0 Å². The number of aryl methyl sites for hydroxylation is 1. The summed E-state index contributed by atoms with van der Waals surface area (Å²) < 4.78 is 8.07. The average Bonchev–Trinajstić information content (AvgIpc) is 2.82. The Morgan fingerprint density at radius 2 is 2.05 bits per heavy atom. The number of hydrogen-bond acceptors (Lipinski definition) is 3. The number of ether oxygens (including phenoxy) is 1. The van der Waals surface area contributed by atoms with E-state index in [1.54, 1.807) is 0 Å². The van der Waals surface area contributed by atoms with E-state index in [2.05, 4.69) is 55.8 Å². The minimum absolute atomic E-state index is 0.178. The number of nitrogens with one attached hydrogen (secondary N) is 1. The molecule has 4 nitrogen and oxygen atoms in total. The summed E-state index contributed by atoms with van der Waals surface area (Å²) >= 11 is 0. The molecule has 1 heterocycles. The number of likely N-dealkylation sites (N-methyl/N-ethyl adjacent to an activating group) is 1. The summed E-state index contributed by atoms with van der Waals surface area (Å²) in [7, 11) is 0. The fourth-order valence-corrected chi connectivity index (χ4v) is 2.48. The van der Waals surface area contributed by atoms with E-state index in [0.717, 1.165) is 26.1 Å². The molecule has 0 spiro atoms. The van der Waals surface area contributed by atoms with Gasteiger partial charge in [-0.05, 0) is 31.9 Å². The normalized spacial score (nSPS) is 14.8. The van der Waals surface area contributed by atoms with Gasteiger partial charge in [0.1, 0.15) is 0 Å². The van der Waals surface area contributed by atoms with E-state index in [0.29, 0.717) is 5.92 Å². The molecule has 2 atom stereocenters. The fourth-order valence-electron chi connectivity index (χ4n) is 2.48. The lowest BCUT2D eigenvalue weighted by molar-refractivity contribution is 0.00108. The van der Waals surface area contributed by atoms with Crippen LogP contribution in [0.4, 0.5) is 0 Å². The maximum absolute atomic E-state index is 5.97. The fraction of sp³-hybridized carbons (Fsp3) is 0.800. The first kappa shape index (κ1) is 16.2. The molecule has 1 aromatic heterocycles. The Hall–Kier alpha value is -0.870. The van der Waals surface area contributed by atoms with Gasteiger partial charge in [-0.25, -0.2) is 0 Å². The summed E-state index contributed by atoms with van der Waals surface area (Å²) in [5.74, 6) is 0.467. The Balaban J connectivity index is 2.99. The van der Waals surface area contributed by atoms with Crippen molar-refractivity contribution in [1.82, 2.24) is 15.1 Å². The molecule has 110 valence electrons. The molecule has 0 aliphatic heterocycles. The SMILES string of the molecule is CCCn1nccc1C(NCC)C(OCC)C(C)C. The summed E-state index contributed by atoms with van der Waals surface area (Å²) in [6.45, 7) is 13.4. The Morgan fingerprint density at radius 1 is 1.32 bits per heavy atom. The topological polar surface area (TPSA) is 39.1 Å². The van der Waals surface area contributed by atoms with Gasteiger partial charge in [-0.3, -0.25) is 4.68 Å². The molecule has 0 aliphatic rings. The number of nitrogens with zero attached hydrogens (tertiary/aromatic N) is 2. The molecule has 4 heteroatoms. The van der Waals surface area contributed by atoms with Crippen LogP contribution in [0.2, 0.25) is 0 Å². The molecule has 0 aromatic carbocycles. The summed E-state index contributed by atoms with van der Waals surface area (Å²) in [6.07, 6.45) is 3.16. The van der Waals surface area contributed by atoms with Crippen LogP contribution in [0, 0.1) is 5.92 Å². The second-order valence-corrected chi connectivity index (χ2v) is 5.18. The van der Waals surface area contributed by atoms with Gasteiger partial charge in [0.2, 0.25) is 0 Å². The highest BCUT2D eigenvalue weighted by molar-refractivity contribution is 5.10. The maximum atomic E-state index is 5.97. The third-order valence-corrected chi connectivity index (χ3v) is 3.27. The standard InChI is InChI=1S/C15H29N3O/c1-6-11-18-13(9-10-17-18)14(16-7-2)15(12(4)5)19-8-3/h9-10,12,14-16H,6-8,11H2,1-5H3. The highest BCUT2D eigenvalue weighted by atomic mass is 16.5. The van der Waals surface area contributed by atoms with Gasteiger partial charge in [0, 0.05) is 19.3 Å². The highest BCUT2D eigenvalue weighted by Gasteiger charge is 2.28. The predicted molar refractivity (Wildman–Crippen MR) is 79.2 cm³/mol. The molecule has 1 aromatic rings. The summed E-state index contributed by atoms with van der Waals surface area (Å²) in [4.78, 5) is 0. The van der Waals surface area contributed by atoms with Gasteiger partial charge in [-0.1, -0.05) is 27.7 Å². The first-order chi connectivity index (χ1) is 9.15. The van der Waals surface area contributed by atoms with Crippen LogP contribution in [0.3, 0.4) is 0 Å². The lowest BCUT2D eigenvalue weighted by Crippen LogP contribution is -2.38. The van der Waals surface area contributed by atoms with Gasteiger partial charge in [-0.15, -0.1) is 0 Å². The van der Waals surface area contributed by atoms with Crippen LogP contribution in [0.5, 0.6) is 0 Å². The predicted octanol–water partition coefficient (Wildman–Crippen LogP) is 3.00. The molecule has 0 saturated heterocycles. The van der Waals surface area contributed by atoms with E-state index in [4.69, 9.17) is 4.74 Å². The Bertz CT molecular complexity index is 349. The molecular formula is C15H29N3O. The molecule has 0 fully saturated rings. The van der Waals surface area contributed by atoms with Crippen molar-refractivity contribution in [3.63, 3.8) is 0 Å². The zero-order valence-corrected chi connectivity index (χ0v) is 13.0. The summed E-state index contributed by atoms with van der Waals surface area (Å²) in [6, 6.07) is 2.32. The second-order valence-electron chi connectivity index (χ2n) is 5.18. The van der Waals surface area contributed by atoms with E-state index in [1.807, 2.05) is 6.20 Å². The van der Waals surface area contributed by atoms with Crippen molar-refractivity contribution in [1.29, 1.82) is 0 Å². The van der Waals surface area contributed by atoms with Crippen molar-refractivity contribution < 1.29 is 4.74 Å². The van der Waals surface area contributed by atoms with Crippen molar-refractivity contribution in [3.05, 3.63) is 18.0 Å². The lowest BCUT2D eigenvalue weighted by atomic mass is 9.96. The van der Waals surface area contributed by atoms with Gasteiger partial charge < -0.3 is 10.1 Å². The van der Waals surface area contributed by atoms with Crippen LogP contribution < -0.4 is 5.32 Å². The molecule has 2 unspecified atom stereocenters. The van der Waals surface area contributed by atoms with Gasteiger partial charge in [0.25, 0.3) is 0 Å².